The minimum absolute atomic E-state index is 0.0688. The number of phenolic OH excluding ortho intramolecular Hbond substituents is 1. The molecule has 1 fully saturated rings. The smallest absolute Gasteiger partial charge is 0.410 e. The van der Waals surface area contributed by atoms with Gasteiger partial charge in [0.05, 0.1) is 13.0 Å². The summed E-state index contributed by atoms with van der Waals surface area (Å²) in [6.07, 6.45) is 0.693. The van der Waals surface area contributed by atoms with Crippen LogP contribution in [0, 0.1) is 11.8 Å². The van der Waals surface area contributed by atoms with E-state index < -0.39 is 17.1 Å². The molecule has 0 aliphatic carbocycles. The second-order valence-electron chi connectivity index (χ2n) is 9.86. The number of carbonyl (C=O) groups is 2. The fraction of sp³-hybridized carbons (Fsp3) is 0.652. The van der Waals surface area contributed by atoms with Crippen LogP contribution in [0.5, 0.6) is 11.5 Å². The van der Waals surface area contributed by atoms with E-state index in [0.717, 1.165) is 5.56 Å². The van der Waals surface area contributed by atoms with Gasteiger partial charge in [0, 0.05) is 19.2 Å². The Hall–Kier alpha value is -2.44. The van der Waals surface area contributed by atoms with Crippen LogP contribution >= 0.6 is 0 Å². The van der Waals surface area contributed by atoms with Gasteiger partial charge in [0.2, 0.25) is 0 Å². The van der Waals surface area contributed by atoms with E-state index in [-0.39, 0.29) is 23.7 Å². The summed E-state index contributed by atoms with van der Waals surface area (Å²) < 4.78 is 16.4. The Kier molecular flexibility index (Phi) is 7.27. The van der Waals surface area contributed by atoms with E-state index in [2.05, 4.69) is 0 Å². The minimum atomic E-state index is -0.616. The van der Waals surface area contributed by atoms with Crippen LogP contribution in [0.15, 0.2) is 18.2 Å². The molecule has 1 heterocycles. The van der Waals surface area contributed by atoms with E-state index in [9.17, 15) is 14.7 Å². The number of carbonyl (C=O) groups excluding carboxylic acids is 2. The predicted molar refractivity (Wildman–Crippen MR) is 114 cm³/mol. The molecule has 2 atom stereocenters. The Labute approximate surface area is 179 Å². The fourth-order valence-corrected chi connectivity index (χ4v) is 3.56. The highest BCUT2D eigenvalue weighted by atomic mass is 16.6. The molecule has 0 aromatic heterocycles. The van der Waals surface area contributed by atoms with Crippen LogP contribution in [0.4, 0.5) is 4.79 Å². The van der Waals surface area contributed by atoms with Crippen molar-refractivity contribution in [1.29, 1.82) is 0 Å². The van der Waals surface area contributed by atoms with Gasteiger partial charge < -0.3 is 24.2 Å². The Morgan fingerprint density at radius 3 is 2.30 bits per heavy atom. The predicted octanol–water partition coefficient (Wildman–Crippen LogP) is 4.16. The monoisotopic (exact) mass is 421 g/mol. The van der Waals surface area contributed by atoms with Gasteiger partial charge in [-0.25, -0.2) is 4.79 Å². The highest BCUT2D eigenvalue weighted by Crippen LogP contribution is 2.32. The molecule has 7 nitrogen and oxygen atoms in total. The lowest BCUT2D eigenvalue weighted by molar-refractivity contribution is -0.162. The SMILES string of the molecule is COc1cc(O)cc(C[C@H](C(=O)OC(C)(C)C)[C@H]2CCN(C(=O)OC(C)(C)C)C2)c1. The van der Waals surface area contributed by atoms with Gasteiger partial charge in [-0.1, -0.05) is 0 Å². The van der Waals surface area contributed by atoms with E-state index in [4.69, 9.17) is 14.2 Å². The molecule has 0 unspecified atom stereocenters. The molecule has 30 heavy (non-hydrogen) atoms. The molecule has 1 aliphatic rings. The maximum atomic E-state index is 13.0. The van der Waals surface area contributed by atoms with E-state index in [1.54, 1.807) is 17.0 Å². The number of benzene rings is 1. The minimum Gasteiger partial charge on any atom is -0.508 e. The highest BCUT2D eigenvalue weighted by molar-refractivity contribution is 5.74. The topological polar surface area (TPSA) is 85.3 Å². The number of methoxy groups -OCH3 is 1. The average Bonchev–Trinajstić information content (AvgIpc) is 3.06. The van der Waals surface area contributed by atoms with Crippen molar-refractivity contribution in [3.8, 4) is 11.5 Å². The lowest BCUT2D eigenvalue weighted by atomic mass is 9.86. The Morgan fingerprint density at radius 2 is 1.73 bits per heavy atom. The molecule has 2 rings (SSSR count). The number of hydrogen-bond acceptors (Lipinski definition) is 6. The zero-order valence-corrected chi connectivity index (χ0v) is 19.2. The summed E-state index contributed by atoms with van der Waals surface area (Å²) in [6, 6.07) is 4.95. The van der Waals surface area contributed by atoms with Gasteiger partial charge in [-0.05, 0) is 78.0 Å². The zero-order valence-electron chi connectivity index (χ0n) is 19.2. The second kappa shape index (κ2) is 9.14. The first-order valence-electron chi connectivity index (χ1n) is 10.3. The first-order chi connectivity index (χ1) is 13.8. The molecule has 0 spiro atoms. The number of ether oxygens (including phenoxy) is 3. The Bertz CT molecular complexity index is 762. The van der Waals surface area contributed by atoms with Crippen LogP contribution in [-0.2, 0) is 20.7 Å². The van der Waals surface area contributed by atoms with Gasteiger partial charge in [-0.15, -0.1) is 0 Å². The number of likely N-dealkylation sites (tertiary alicyclic amines) is 1. The van der Waals surface area contributed by atoms with Crippen LogP contribution in [0.1, 0.15) is 53.5 Å². The van der Waals surface area contributed by atoms with Crippen LogP contribution in [0.25, 0.3) is 0 Å². The van der Waals surface area contributed by atoms with Gasteiger partial charge in [0.1, 0.15) is 22.7 Å². The van der Waals surface area contributed by atoms with Gasteiger partial charge in [0.15, 0.2) is 0 Å². The quantitative estimate of drug-likeness (QED) is 0.719. The molecule has 1 saturated heterocycles. The molecule has 0 radical (unpaired) electrons. The first-order valence-corrected chi connectivity index (χ1v) is 10.3. The third kappa shape index (κ3) is 7.11. The molecule has 1 aromatic carbocycles. The molecule has 1 aliphatic heterocycles. The number of aromatic hydroxyl groups is 1. The van der Waals surface area contributed by atoms with E-state index >= 15 is 0 Å². The van der Waals surface area contributed by atoms with Crippen LogP contribution in [0.2, 0.25) is 0 Å². The van der Waals surface area contributed by atoms with Crippen LogP contribution in [-0.4, -0.2) is 53.5 Å². The molecular weight excluding hydrogens is 386 g/mol. The molecular formula is C23H35NO6. The molecule has 0 bridgehead atoms. The molecule has 1 aromatic rings. The number of rotatable bonds is 5. The molecule has 1 amide bonds. The Morgan fingerprint density at radius 1 is 1.10 bits per heavy atom. The first kappa shape index (κ1) is 23.8. The van der Waals surface area contributed by atoms with Crippen molar-refractivity contribution in [3.05, 3.63) is 23.8 Å². The summed E-state index contributed by atoms with van der Waals surface area (Å²) in [7, 11) is 1.53. The Balaban J connectivity index is 2.21. The number of nitrogens with zero attached hydrogens (tertiary/aromatic N) is 1. The van der Waals surface area contributed by atoms with Crippen molar-refractivity contribution in [3.63, 3.8) is 0 Å². The van der Waals surface area contributed by atoms with Crippen molar-refractivity contribution < 1.29 is 28.9 Å². The van der Waals surface area contributed by atoms with Crippen molar-refractivity contribution in [2.24, 2.45) is 11.8 Å². The van der Waals surface area contributed by atoms with Gasteiger partial charge in [-0.3, -0.25) is 4.79 Å². The summed E-state index contributed by atoms with van der Waals surface area (Å²) in [5, 5.41) is 9.99. The van der Waals surface area contributed by atoms with Gasteiger partial charge in [-0.2, -0.15) is 0 Å². The summed E-state index contributed by atoms with van der Waals surface area (Å²) in [6.45, 7) is 12.0. The lowest BCUT2D eigenvalue weighted by Gasteiger charge is -2.28. The normalized spacial score (nSPS) is 18.1. The van der Waals surface area contributed by atoms with Gasteiger partial charge in [0.25, 0.3) is 0 Å². The third-order valence-electron chi connectivity index (χ3n) is 4.80. The fourth-order valence-electron chi connectivity index (χ4n) is 3.56. The lowest BCUT2D eigenvalue weighted by Crippen LogP contribution is -2.38. The summed E-state index contributed by atoms with van der Waals surface area (Å²) in [5.74, 6) is -0.228. The maximum Gasteiger partial charge on any atom is 0.410 e. The summed E-state index contributed by atoms with van der Waals surface area (Å²) >= 11 is 0. The van der Waals surface area contributed by atoms with E-state index in [0.29, 0.717) is 31.7 Å². The third-order valence-corrected chi connectivity index (χ3v) is 4.80. The van der Waals surface area contributed by atoms with E-state index in [1.165, 1.54) is 13.2 Å². The molecule has 168 valence electrons. The summed E-state index contributed by atoms with van der Waals surface area (Å²) in [4.78, 5) is 27.1. The number of esters is 1. The van der Waals surface area contributed by atoms with Crippen molar-refractivity contribution in [2.45, 2.75) is 65.6 Å². The largest absolute Gasteiger partial charge is 0.508 e. The second-order valence-corrected chi connectivity index (χ2v) is 9.86. The van der Waals surface area contributed by atoms with Crippen molar-refractivity contribution in [2.75, 3.05) is 20.2 Å². The number of hydrogen-bond donors (Lipinski definition) is 1. The van der Waals surface area contributed by atoms with Gasteiger partial charge >= 0.3 is 12.1 Å². The maximum absolute atomic E-state index is 13.0. The molecule has 1 N–H and O–H groups in total. The summed E-state index contributed by atoms with van der Waals surface area (Å²) in [5.41, 5.74) is -0.411. The van der Waals surface area contributed by atoms with Crippen LogP contribution < -0.4 is 4.74 Å². The molecule has 7 heteroatoms. The number of phenols is 1. The molecule has 0 saturated carbocycles. The average molecular weight is 422 g/mol. The standard InChI is InChI=1S/C23H35NO6/c1-22(2,3)29-20(26)19(12-15-10-17(25)13-18(11-15)28-7)16-8-9-24(14-16)21(27)30-23(4,5)6/h10-11,13,16,19,25H,8-9,12,14H2,1-7H3/t16-,19-/m0/s1. The van der Waals surface area contributed by atoms with E-state index in [1.807, 2.05) is 41.5 Å². The highest BCUT2D eigenvalue weighted by Gasteiger charge is 2.39. The number of amides is 1. The van der Waals surface area contributed by atoms with Crippen LogP contribution in [0.3, 0.4) is 0 Å². The van der Waals surface area contributed by atoms with Crippen molar-refractivity contribution >= 4 is 12.1 Å². The van der Waals surface area contributed by atoms with Crippen molar-refractivity contribution in [1.82, 2.24) is 4.90 Å². The zero-order chi connectivity index (χ0) is 22.7.